The Morgan fingerprint density at radius 2 is 2.00 bits per heavy atom. The first-order valence-corrected chi connectivity index (χ1v) is 9.78. The van der Waals surface area contributed by atoms with Gasteiger partial charge in [-0.3, -0.25) is 4.72 Å². The van der Waals surface area contributed by atoms with Crippen LogP contribution in [-0.4, -0.2) is 30.1 Å². The summed E-state index contributed by atoms with van der Waals surface area (Å²) in [6.07, 6.45) is 4.86. The fraction of sp³-hybridized carbons (Fsp3) is 0.125. The van der Waals surface area contributed by atoms with Gasteiger partial charge in [-0.25, -0.2) is 18.4 Å². The number of aromatic nitrogens is 3. The number of pyridine rings is 1. The van der Waals surface area contributed by atoms with E-state index in [0.29, 0.717) is 11.4 Å². The standard InChI is InChI=1S/C16H15IN4O3S/c1-11-9-21(10-19-11)14-5-3-12(7-15(14)24-2)20-25(22,23)13-4-6-16(17)18-8-13/h3-10,20H,1-2H3. The molecule has 0 bridgehead atoms. The highest BCUT2D eigenvalue weighted by molar-refractivity contribution is 14.1. The predicted molar refractivity (Wildman–Crippen MR) is 103 cm³/mol. The van der Waals surface area contributed by atoms with Crippen molar-refractivity contribution in [1.29, 1.82) is 0 Å². The number of halogens is 1. The maximum atomic E-state index is 12.5. The molecule has 130 valence electrons. The van der Waals surface area contributed by atoms with Crippen LogP contribution in [-0.2, 0) is 10.0 Å². The molecule has 0 aliphatic rings. The molecule has 2 heterocycles. The van der Waals surface area contributed by atoms with Crippen LogP contribution in [0.1, 0.15) is 5.69 Å². The van der Waals surface area contributed by atoms with E-state index in [1.54, 1.807) is 30.6 Å². The van der Waals surface area contributed by atoms with Crippen LogP contribution >= 0.6 is 22.6 Å². The summed E-state index contributed by atoms with van der Waals surface area (Å²) < 4.78 is 35.4. The number of sulfonamides is 1. The molecule has 0 saturated carbocycles. The second-order valence-corrected chi connectivity index (χ2v) is 8.02. The lowest BCUT2D eigenvalue weighted by Crippen LogP contribution is -2.13. The number of rotatable bonds is 5. The van der Waals surface area contributed by atoms with Crippen molar-refractivity contribution in [3.8, 4) is 11.4 Å². The summed E-state index contributed by atoms with van der Waals surface area (Å²) in [5.41, 5.74) is 2.04. The summed E-state index contributed by atoms with van der Waals surface area (Å²) in [5.74, 6) is 0.526. The van der Waals surface area contributed by atoms with Crippen molar-refractivity contribution in [3.63, 3.8) is 0 Å². The second-order valence-electron chi connectivity index (χ2n) is 5.23. The fourth-order valence-electron chi connectivity index (χ4n) is 2.24. The third-order valence-electron chi connectivity index (χ3n) is 3.43. The molecule has 0 unspecified atom stereocenters. The minimum Gasteiger partial charge on any atom is -0.494 e. The molecule has 3 rings (SSSR count). The van der Waals surface area contributed by atoms with Gasteiger partial charge >= 0.3 is 0 Å². The van der Waals surface area contributed by atoms with Crippen LogP contribution in [0.2, 0.25) is 0 Å². The first-order chi connectivity index (χ1) is 11.9. The molecule has 0 amide bonds. The molecule has 7 nitrogen and oxygen atoms in total. The molecule has 1 N–H and O–H groups in total. The lowest BCUT2D eigenvalue weighted by atomic mass is 10.2. The van der Waals surface area contributed by atoms with Gasteiger partial charge in [-0.2, -0.15) is 0 Å². The molecule has 0 fully saturated rings. The summed E-state index contributed by atoms with van der Waals surface area (Å²) in [4.78, 5) is 8.29. The molecular weight excluding hydrogens is 455 g/mol. The molecular formula is C16H15IN4O3S. The van der Waals surface area contributed by atoms with Gasteiger partial charge in [0.15, 0.2) is 0 Å². The lowest BCUT2D eigenvalue weighted by molar-refractivity contribution is 0.413. The van der Waals surface area contributed by atoms with E-state index in [1.165, 1.54) is 19.4 Å². The van der Waals surface area contributed by atoms with Gasteiger partial charge in [0.25, 0.3) is 10.0 Å². The average molecular weight is 470 g/mol. The number of nitrogens with one attached hydrogen (secondary N) is 1. The summed E-state index contributed by atoms with van der Waals surface area (Å²) in [6.45, 7) is 1.89. The van der Waals surface area contributed by atoms with Crippen LogP contribution in [0.15, 0.2) is 53.9 Å². The third kappa shape index (κ3) is 3.93. The Hall–Kier alpha value is -2.14. The van der Waals surface area contributed by atoms with E-state index in [4.69, 9.17) is 4.74 Å². The Morgan fingerprint density at radius 3 is 2.60 bits per heavy atom. The molecule has 0 saturated heterocycles. The Bertz CT molecular complexity index is 1000. The number of anilines is 1. The Kier molecular flexibility index (Phi) is 4.95. The molecule has 0 atom stereocenters. The monoisotopic (exact) mass is 470 g/mol. The van der Waals surface area contributed by atoms with Crippen LogP contribution in [0.5, 0.6) is 5.75 Å². The molecule has 0 aliphatic heterocycles. The van der Waals surface area contributed by atoms with Crippen molar-refractivity contribution >= 4 is 38.3 Å². The van der Waals surface area contributed by atoms with E-state index in [9.17, 15) is 8.42 Å². The zero-order chi connectivity index (χ0) is 18.0. The number of ether oxygens (including phenoxy) is 1. The summed E-state index contributed by atoms with van der Waals surface area (Å²) in [5, 5.41) is 0. The molecule has 3 aromatic rings. The smallest absolute Gasteiger partial charge is 0.263 e. The molecule has 1 aromatic carbocycles. The van der Waals surface area contributed by atoms with Crippen LogP contribution < -0.4 is 9.46 Å². The summed E-state index contributed by atoms with van der Waals surface area (Å²) >= 11 is 2.02. The van der Waals surface area contributed by atoms with Crippen LogP contribution in [0.25, 0.3) is 5.69 Å². The molecule has 25 heavy (non-hydrogen) atoms. The van der Waals surface area contributed by atoms with Gasteiger partial charge in [0, 0.05) is 18.5 Å². The van der Waals surface area contributed by atoms with Crippen LogP contribution in [0.3, 0.4) is 0 Å². The van der Waals surface area contributed by atoms with E-state index in [2.05, 4.69) is 14.7 Å². The van der Waals surface area contributed by atoms with Crippen molar-refractivity contribution < 1.29 is 13.2 Å². The van der Waals surface area contributed by atoms with E-state index in [1.807, 2.05) is 40.3 Å². The van der Waals surface area contributed by atoms with Crippen LogP contribution in [0, 0.1) is 10.6 Å². The topological polar surface area (TPSA) is 86.1 Å². The number of methoxy groups -OCH3 is 1. The normalized spacial score (nSPS) is 11.3. The van der Waals surface area contributed by atoms with E-state index in [0.717, 1.165) is 15.1 Å². The van der Waals surface area contributed by atoms with Crippen molar-refractivity contribution in [1.82, 2.24) is 14.5 Å². The highest BCUT2D eigenvalue weighted by Crippen LogP contribution is 2.28. The zero-order valence-corrected chi connectivity index (χ0v) is 16.4. The van der Waals surface area contributed by atoms with Crippen molar-refractivity contribution in [3.05, 3.63) is 58.4 Å². The molecule has 9 heteroatoms. The Labute approximate surface area is 159 Å². The van der Waals surface area contributed by atoms with Crippen molar-refractivity contribution in [2.24, 2.45) is 0 Å². The highest BCUT2D eigenvalue weighted by atomic mass is 127. The largest absolute Gasteiger partial charge is 0.494 e. The van der Waals surface area contributed by atoms with Crippen LogP contribution in [0.4, 0.5) is 5.69 Å². The number of hydrogen-bond acceptors (Lipinski definition) is 5. The average Bonchev–Trinajstić information content (AvgIpc) is 3.01. The van der Waals surface area contributed by atoms with Gasteiger partial charge in [-0.1, -0.05) is 0 Å². The number of benzene rings is 1. The summed E-state index contributed by atoms with van der Waals surface area (Å²) in [7, 11) is -2.19. The maximum Gasteiger partial charge on any atom is 0.263 e. The first-order valence-electron chi connectivity index (χ1n) is 7.22. The lowest BCUT2D eigenvalue weighted by Gasteiger charge is -2.13. The van der Waals surface area contributed by atoms with E-state index in [-0.39, 0.29) is 4.90 Å². The quantitative estimate of drug-likeness (QED) is 0.458. The number of aryl methyl sites for hydroxylation is 1. The minimum atomic E-state index is -3.72. The molecule has 0 spiro atoms. The molecule has 0 aliphatic carbocycles. The van der Waals surface area contributed by atoms with E-state index >= 15 is 0 Å². The third-order valence-corrected chi connectivity index (χ3v) is 5.44. The van der Waals surface area contributed by atoms with Crippen molar-refractivity contribution in [2.75, 3.05) is 11.8 Å². The van der Waals surface area contributed by atoms with E-state index < -0.39 is 10.0 Å². The van der Waals surface area contributed by atoms with Gasteiger partial charge < -0.3 is 9.30 Å². The number of hydrogen-bond donors (Lipinski definition) is 1. The van der Waals surface area contributed by atoms with Crippen molar-refractivity contribution in [2.45, 2.75) is 11.8 Å². The highest BCUT2D eigenvalue weighted by Gasteiger charge is 2.16. The van der Waals surface area contributed by atoms with Gasteiger partial charge in [0.2, 0.25) is 0 Å². The zero-order valence-electron chi connectivity index (χ0n) is 13.5. The van der Waals surface area contributed by atoms with Gasteiger partial charge in [-0.05, 0) is 53.8 Å². The fourth-order valence-corrected chi connectivity index (χ4v) is 3.56. The van der Waals surface area contributed by atoms with Gasteiger partial charge in [0.1, 0.15) is 14.3 Å². The second kappa shape index (κ2) is 7.00. The SMILES string of the molecule is COc1cc(NS(=O)(=O)c2ccc(I)nc2)ccc1-n1cnc(C)c1. The number of imidazole rings is 1. The first kappa shape index (κ1) is 17.7. The predicted octanol–water partition coefficient (Wildman–Crippen LogP) is 2.99. The summed E-state index contributed by atoms with van der Waals surface area (Å²) in [6, 6.07) is 8.22. The Balaban J connectivity index is 1.92. The maximum absolute atomic E-state index is 12.5. The Morgan fingerprint density at radius 1 is 1.20 bits per heavy atom. The number of nitrogens with zero attached hydrogens (tertiary/aromatic N) is 3. The molecule has 2 aromatic heterocycles. The van der Waals surface area contributed by atoms with Gasteiger partial charge in [-0.15, -0.1) is 0 Å². The molecule has 0 radical (unpaired) electrons. The van der Waals surface area contributed by atoms with Gasteiger partial charge in [0.05, 0.1) is 30.5 Å². The minimum absolute atomic E-state index is 0.0983.